The number of hydrogen-bond acceptors (Lipinski definition) is 3. The number of piperidine rings is 1. The predicted octanol–water partition coefficient (Wildman–Crippen LogP) is 0.890. The third-order valence-electron chi connectivity index (χ3n) is 2.83. The summed E-state index contributed by atoms with van der Waals surface area (Å²) in [6, 6.07) is 0. The first-order valence-corrected chi connectivity index (χ1v) is 4.68. The van der Waals surface area contributed by atoms with E-state index in [-0.39, 0.29) is 24.8 Å². The van der Waals surface area contributed by atoms with E-state index in [2.05, 4.69) is 10.3 Å². The Labute approximate surface area is 106 Å². The molecule has 7 heteroatoms. The van der Waals surface area contributed by atoms with E-state index >= 15 is 0 Å². The maximum atomic E-state index is 11.3. The van der Waals surface area contributed by atoms with Crippen LogP contribution >= 0.6 is 24.8 Å². The Morgan fingerprint density at radius 1 is 1.38 bits per heavy atom. The fraction of sp³-hybridized carbons (Fsp3) is 0.556. The van der Waals surface area contributed by atoms with Gasteiger partial charge >= 0.3 is 5.97 Å². The minimum absolute atomic E-state index is 0. The largest absolute Gasteiger partial charge is 0.479 e. The molecule has 5 nitrogen and oxygen atoms in total. The summed E-state index contributed by atoms with van der Waals surface area (Å²) in [5.74, 6) is -0.767. The van der Waals surface area contributed by atoms with E-state index in [4.69, 9.17) is 0 Å². The minimum Gasteiger partial charge on any atom is -0.479 e. The molecule has 16 heavy (non-hydrogen) atoms. The lowest BCUT2D eigenvalue weighted by atomic mass is 9.88. The first-order valence-electron chi connectivity index (χ1n) is 4.68. The molecule has 1 saturated heterocycles. The van der Waals surface area contributed by atoms with E-state index in [0.717, 1.165) is 13.1 Å². The molecule has 0 aliphatic carbocycles. The SMILES string of the molecule is Cl.Cl.O=C(O)C1(n2ccnc2)CCNCC1. The molecule has 0 spiro atoms. The number of aliphatic carboxylic acids is 1. The van der Waals surface area contributed by atoms with Crippen LogP contribution < -0.4 is 5.32 Å². The number of nitrogens with zero attached hydrogens (tertiary/aromatic N) is 2. The number of carboxylic acid groups (broad SMARTS) is 1. The average molecular weight is 268 g/mol. The summed E-state index contributed by atoms with van der Waals surface area (Å²) < 4.78 is 1.70. The molecule has 1 aliphatic heterocycles. The summed E-state index contributed by atoms with van der Waals surface area (Å²) >= 11 is 0. The van der Waals surface area contributed by atoms with E-state index in [0.29, 0.717) is 12.8 Å². The summed E-state index contributed by atoms with van der Waals surface area (Å²) in [4.78, 5) is 15.2. The molecule has 92 valence electrons. The fourth-order valence-corrected chi connectivity index (χ4v) is 1.94. The third kappa shape index (κ3) is 2.48. The second-order valence-corrected chi connectivity index (χ2v) is 3.56. The van der Waals surface area contributed by atoms with Crippen LogP contribution in [-0.2, 0) is 10.3 Å². The first kappa shape index (κ1) is 15.2. The van der Waals surface area contributed by atoms with Gasteiger partial charge in [-0.3, -0.25) is 0 Å². The average Bonchev–Trinajstić information content (AvgIpc) is 2.72. The molecule has 1 aromatic rings. The predicted molar refractivity (Wildman–Crippen MR) is 64.4 cm³/mol. The highest BCUT2D eigenvalue weighted by Crippen LogP contribution is 2.27. The summed E-state index contributed by atoms with van der Waals surface area (Å²) in [5.41, 5.74) is -0.790. The Morgan fingerprint density at radius 2 is 2.00 bits per heavy atom. The van der Waals surface area contributed by atoms with Crippen molar-refractivity contribution in [3.8, 4) is 0 Å². The number of halogens is 2. The van der Waals surface area contributed by atoms with Gasteiger partial charge in [-0.15, -0.1) is 24.8 Å². The molecule has 2 rings (SSSR count). The Hall–Kier alpha value is -0.780. The number of hydrogen-bond donors (Lipinski definition) is 2. The lowest BCUT2D eigenvalue weighted by Gasteiger charge is -2.34. The molecule has 1 fully saturated rings. The van der Waals surface area contributed by atoms with Crippen LogP contribution in [0.2, 0.25) is 0 Å². The van der Waals surface area contributed by atoms with Crippen molar-refractivity contribution in [2.45, 2.75) is 18.4 Å². The van der Waals surface area contributed by atoms with Crippen molar-refractivity contribution >= 4 is 30.8 Å². The molecule has 0 aromatic carbocycles. The number of carboxylic acids is 1. The zero-order valence-electron chi connectivity index (χ0n) is 8.63. The van der Waals surface area contributed by atoms with Gasteiger partial charge in [0.2, 0.25) is 0 Å². The van der Waals surface area contributed by atoms with Crippen LogP contribution in [0.1, 0.15) is 12.8 Å². The molecule has 0 unspecified atom stereocenters. The fourth-order valence-electron chi connectivity index (χ4n) is 1.94. The van der Waals surface area contributed by atoms with Crippen LogP contribution in [0, 0.1) is 0 Å². The van der Waals surface area contributed by atoms with Crippen molar-refractivity contribution in [1.29, 1.82) is 0 Å². The quantitative estimate of drug-likeness (QED) is 0.836. The van der Waals surface area contributed by atoms with Crippen molar-refractivity contribution in [2.24, 2.45) is 0 Å². The van der Waals surface area contributed by atoms with Gasteiger partial charge in [0.15, 0.2) is 0 Å². The van der Waals surface area contributed by atoms with Crippen LogP contribution in [-0.4, -0.2) is 33.7 Å². The second kappa shape index (κ2) is 6.08. The van der Waals surface area contributed by atoms with Gasteiger partial charge in [0.25, 0.3) is 0 Å². The normalized spacial score (nSPS) is 18.0. The van der Waals surface area contributed by atoms with E-state index < -0.39 is 11.5 Å². The molecular formula is C9H15Cl2N3O2. The lowest BCUT2D eigenvalue weighted by Crippen LogP contribution is -2.49. The first-order chi connectivity index (χ1) is 6.76. The van der Waals surface area contributed by atoms with E-state index in [9.17, 15) is 9.90 Å². The molecule has 0 bridgehead atoms. The summed E-state index contributed by atoms with van der Waals surface area (Å²) in [6.07, 6.45) is 6.14. The summed E-state index contributed by atoms with van der Waals surface area (Å²) in [5, 5.41) is 12.4. The van der Waals surface area contributed by atoms with E-state index in [1.807, 2.05) is 0 Å². The summed E-state index contributed by atoms with van der Waals surface area (Å²) in [7, 11) is 0. The van der Waals surface area contributed by atoms with Gasteiger partial charge in [0, 0.05) is 12.4 Å². The number of nitrogens with one attached hydrogen (secondary N) is 1. The second-order valence-electron chi connectivity index (χ2n) is 3.56. The smallest absolute Gasteiger partial charge is 0.330 e. The topological polar surface area (TPSA) is 67.1 Å². The van der Waals surface area contributed by atoms with Gasteiger partial charge in [-0.05, 0) is 25.9 Å². The van der Waals surface area contributed by atoms with Gasteiger partial charge < -0.3 is 15.0 Å². The zero-order valence-corrected chi connectivity index (χ0v) is 10.3. The van der Waals surface area contributed by atoms with Crippen LogP contribution in [0.3, 0.4) is 0 Å². The molecule has 0 amide bonds. The molecule has 2 heterocycles. The van der Waals surface area contributed by atoms with Crippen molar-refractivity contribution in [3.05, 3.63) is 18.7 Å². The number of imidazole rings is 1. The molecule has 0 radical (unpaired) electrons. The highest BCUT2D eigenvalue weighted by molar-refractivity contribution is 5.85. The standard InChI is InChI=1S/C9H13N3O2.2ClH/c13-8(14)9(1-3-10-4-2-9)12-6-5-11-7-12;;/h5-7,10H,1-4H2,(H,13,14);2*1H. The zero-order chi connectivity index (χ0) is 10.0. The Morgan fingerprint density at radius 3 is 2.44 bits per heavy atom. The van der Waals surface area contributed by atoms with Crippen molar-refractivity contribution < 1.29 is 9.90 Å². The Balaban J connectivity index is 0.00000112. The van der Waals surface area contributed by atoms with Gasteiger partial charge in [0.05, 0.1) is 6.33 Å². The maximum Gasteiger partial charge on any atom is 0.330 e. The van der Waals surface area contributed by atoms with Crippen molar-refractivity contribution in [1.82, 2.24) is 14.9 Å². The Kier molecular flexibility index (Phi) is 5.78. The summed E-state index contributed by atoms with van der Waals surface area (Å²) in [6.45, 7) is 1.48. The molecule has 0 atom stereocenters. The van der Waals surface area contributed by atoms with E-state index in [1.165, 1.54) is 0 Å². The van der Waals surface area contributed by atoms with Crippen LogP contribution in [0.5, 0.6) is 0 Å². The number of carbonyl (C=O) groups is 1. The van der Waals surface area contributed by atoms with Crippen molar-refractivity contribution in [3.63, 3.8) is 0 Å². The maximum absolute atomic E-state index is 11.3. The van der Waals surface area contributed by atoms with E-state index in [1.54, 1.807) is 23.3 Å². The lowest BCUT2D eigenvalue weighted by molar-refractivity contribution is -0.149. The van der Waals surface area contributed by atoms with Gasteiger partial charge in [-0.1, -0.05) is 0 Å². The van der Waals surface area contributed by atoms with Gasteiger partial charge in [0.1, 0.15) is 5.54 Å². The van der Waals surface area contributed by atoms with Crippen LogP contribution in [0.25, 0.3) is 0 Å². The van der Waals surface area contributed by atoms with Gasteiger partial charge in [-0.25, -0.2) is 9.78 Å². The van der Waals surface area contributed by atoms with Crippen molar-refractivity contribution in [2.75, 3.05) is 13.1 Å². The molecule has 1 aliphatic rings. The number of rotatable bonds is 2. The minimum atomic E-state index is -0.790. The highest BCUT2D eigenvalue weighted by Gasteiger charge is 2.40. The Bertz CT molecular complexity index is 324. The monoisotopic (exact) mass is 267 g/mol. The molecular weight excluding hydrogens is 253 g/mol. The third-order valence-corrected chi connectivity index (χ3v) is 2.83. The van der Waals surface area contributed by atoms with Crippen LogP contribution in [0.4, 0.5) is 0 Å². The molecule has 1 aromatic heterocycles. The highest BCUT2D eigenvalue weighted by atomic mass is 35.5. The van der Waals surface area contributed by atoms with Gasteiger partial charge in [-0.2, -0.15) is 0 Å². The molecule has 2 N–H and O–H groups in total. The number of aromatic nitrogens is 2. The molecule has 0 saturated carbocycles. The van der Waals surface area contributed by atoms with Crippen LogP contribution in [0.15, 0.2) is 18.7 Å².